The molecule has 0 aliphatic heterocycles. The molecule has 0 aliphatic carbocycles. The molecule has 0 radical (unpaired) electrons. The largest absolute Gasteiger partial charge is 0.477 e. The molecule has 2 heterocycles. The Bertz CT molecular complexity index is 667. The third-order valence-corrected chi connectivity index (χ3v) is 2.53. The molecule has 0 spiro atoms. The van der Waals surface area contributed by atoms with Crippen molar-refractivity contribution in [1.29, 1.82) is 0 Å². The third kappa shape index (κ3) is 3.30. The monoisotopic (exact) mass is 301 g/mol. The Labute approximate surface area is 116 Å². The minimum Gasteiger partial charge on any atom is -0.477 e. The molecule has 0 aliphatic rings. The topological polar surface area (TPSA) is 77.2 Å². The van der Waals surface area contributed by atoms with Crippen LogP contribution in [0.3, 0.4) is 0 Å². The SMILES string of the molecule is CCn1cc(Oc2nc(C(F)(F)F)ccc2C(=O)O)cn1. The molecular weight excluding hydrogens is 291 g/mol. The number of carboxylic acid groups (broad SMARTS) is 1. The summed E-state index contributed by atoms with van der Waals surface area (Å²) in [5.74, 6) is -1.96. The highest BCUT2D eigenvalue weighted by molar-refractivity contribution is 5.90. The van der Waals surface area contributed by atoms with Gasteiger partial charge in [0.05, 0.1) is 12.4 Å². The van der Waals surface area contributed by atoms with Gasteiger partial charge in [-0.25, -0.2) is 9.78 Å². The second kappa shape index (κ2) is 5.43. The maximum absolute atomic E-state index is 12.6. The first-order valence-corrected chi connectivity index (χ1v) is 5.83. The lowest BCUT2D eigenvalue weighted by atomic mass is 10.2. The van der Waals surface area contributed by atoms with Crippen LogP contribution in [0.1, 0.15) is 23.0 Å². The molecule has 2 aromatic rings. The number of alkyl halides is 3. The van der Waals surface area contributed by atoms with Crippen LogP contribution in [0.15, 0.2) is 24.5 Å². The number of rotatable bonds is 4. The zero-order valence-electron chi connectivity index (χ0n) is 10.8. The molecule has 0 unspecified atom stereocenters. The number of aromatic carboxylic acids is 1. The summed E-state index contributed by atoms with van der Waals surface area (Å²) in [5, 5.41) is 12.8. The molecule has 0 saturated carbocycles. The van der Waals surface area contributed by atoms with E-state index in [9.17, 15) is 18.0 Å². The van der Waals surface area contributed by atoms with Crippen molar-refractivity contribution in [2.24, 2.45) is 0 Å². The molecular formula is C12H10F3N3O3. The molecule has 0 saturated heterocycles. The number of carboxylic acids is 1. The van der Waals surface area contributed by atoms with Gasteiger partial charge in [-0.1, -0.05) is 0 Å². The third-order valence-electron chi connectivity index (χ3n) is 2.53. The fraction of sp³-hybridized carbons (Fsp3) is 0.250. The van der Waals surface area contributed by atoms with Crippen molar-refractivity contribution in [1.82, 2.24) is 14.8 Å². The fourth-order valence-corrected chi connectivity index (χ4v) is 1.52. The van der Waals surface area contributed by atoms with Crippen LogP contribution in [0.25, 0.3) is 0 Å². The fourth-order valence-electron chi connectivity index (χ4n) is 1.52. The Morgan fingerprint density at radius 2 is 2.14 bits per heavy atom. The van der Waals surface area contributed by atoms with Gasteiger partial charge in [0.25, 0.3) is 0 Å². The predicted octanol–water partition coefficient (Wildman–Crippen LogP) is 2.81. The highest BCUT2D eigenvalue weighted by atomic mass is 19.4. The van der Waals surface area contributed by atoms with Gasteiger partial charge < -0.3 is 9.84 Å². The van der Waals surface area contributed by atoms with Gasteiger partial charge >= 0.3 is 12.1 Å². The molecule has 2 rings (SSSR count). The van der Waals surface area contributed by atoms with Crippen LogP contribution in [0.2, 0.25) is 0 Å². The second-order valence-electron chi connectivity index (χ2n) is 3.99. The molecule has 9 heteroatoms. The van der Waals surface area contributed by atoms with E-state index in [-0.39, 0.29) is 5.75 Å². The van der Waals surface area contributed by atoms with Crippen molar-refractivity contribution in [2.45, 2.75) is 19.6 Å². The number of hydrogen-bond donors (Lipinski definition) is 1. The van der Waals surface area contributed by atoms with E-state index in [1.54, 1.807) is 0 Å². The maximum atomic E-state index is 12.6. The van der Waals surface area contributed by atoms with Crippen LogP contribution >= 0.6 is 0 Å². The van der Waals surface area contributed by atoms with Gasteiger partial charge in [-0.15, -0.1) is 0 Å². The van der Waals surface area contributed by atoms with Gasteiger partial charge in [-0.3, -0.25) is 4.68 Å². The Hall–Kier alpha value is -2.58. The van der Waals surface area contributed by atoms with Crippen molar-refractivity contribution in [2.75, 3.05) is 0 Å². The predicted molar refractivity (Wildman–Crippen MR) is 64.2 cm³/mol. The molecule has 0 amide bonds. The first kappa shape index (κ1) is 14.8. The normalized spacial score (nSPS) is 11.4. The number of aryl methyl sites for hydroxylation is 1. The quantitative estimate of drug-likeness (QED) is 0.939. The van der Waals surface area contributed by atoms with Crippen LogP contribution < -0.4 is 4.74 Å². The maximum Gasteiger partial charge on any atom is 0.433 e. The molecule has 0 aromatic carbocycles. The molecule has 21 heavy (non-hydrogen) atoms. The highest BCUT2D eigenvalue weighted by Gasteiger charge is 2.34. The number of hydrogen-bond acceptors (Lipinski definition) is 4. The van der Waals surface area contributed by atoms with E-state index in [1.807, 2.05) is 6.92 Å². The Morgan fingerprint density at radius 1 is 1.43 bits per heavy atom. The number of halogens is 3. The van der Waals surface area contributed by atoms with E-state index in [1.165, 1.54) is 17.1 Å². The average molecular weight is 301 g/mol. The van der Waals surface area contributed by atoms with E-state index < -0.39 is 29.3 Å². The van der Waals surface area contributed by atoms with E-state index in [2.05, 4.69) is 10.1 Å². The van der Waals surface area contributed by atoms with Crippen LogP contribution in [-0.4, -0.2) is 25.8 Å². The zero-order valence-corrected chi connectivity index (χ0v) is 10.8. The van der Waals surface area contributed by atoms with Gasteiger partial charge in [-0.2, -0.15) is 18.3 Å². The number of aromatic nitrogens is 3. The Kier molecular flexibility index (Phi) is 3.83. The van der Waals surface area contributed by atoms with Crippen molar-refractivity contribution in [3.8, 4) is 11.6 Å². The molecule has 0 atom stereocenters. The van der Waals surface area contributed by atoms with Crippen LogP contribution in [-0.2, 0) is 12.7 Å². The summed E-state index contributed by atoms with van der Waals surface area (Å²) in [6.45, 7) is 2.34. The molecule has 0 bridgehead atoms. The first-order valence-electron chi connectivity index (χ1n) is 5.83. The number of carbonyl (C=O) groups is 1. The van der Waals surface area contributed by atoms with Gasteiger partial charge in [0, 0.05) is 6.54 Å². The molecule has 1 N–H and O–H groups in total. The standard InChI is InChI=1S/C12H10F3N3O3/c1-2-18-6-7(5-16-18)21-10-8(11(19)20)3-4-9(17-10)12(13,14)15/h3-6H,2H2,1H3,(H,19,20). The minimum absolute atomic E-state index is 0.103. The Balaban J connectivity index is 2.41. The zero-order chi connectivity index (χ0) is 15.6. The lowest BCUT2D eigenvalue weighted by Gasteiger charge is -2.10. The van der Waals surface area contributed by atoms with Crippen LogP contribution in [0.4, 0.5) is 13.2 Å². The summed E-state index contributed by atoms with van der Waals surface area (Å²) < 4.78 is 44.4. The van der Waals surface area contributed by atoms with E-state index in [0.29, 0.717) is 12.6 Å². The van der Waals surface area contributed by atoms with Crippen LogP contribution in [0, 0.1) is 0 Å². The van der Waals surface area contributed by atoms with E-state index >= 15 is 0 Å². The van der Waals surface area contributed by atoms with Gasteiger partial charge in [0.15, 0.2) is 5.75 Å². The highest BCUT2D eigenvalue weighted by Crippen LogP contribution is 2.31. The van der Waals surface area contributed by atoms with E-state index in [4.69, 9.17) is 9.84 Å². The van der Waals surface area contributed by atoms with E-state index in [0.717, 1.165) is 6.07 Å². The lowest BCUT2D eigenvalue weighted by molar-refractivity contribution is -0.141. The van der Waals surface area contributed by atoms with Gasteiger partial charge in [-0.05, 0) is 19.1 Å². The summed E-state index contributed by atoms with van der Waals surface area (Å²) >= 11 is 0. The molecule has 112 valence electrons. The first-order chi connectivity index (χ1) is 9.81. The summed E-state index contributed by atoms with van der Waals surface area (Å²) in [4.78, 5) is 14.2. The van der Waals surface area contributed by atoms with Gasteiger partial charge in [0.1, 0.15) is 11.3 Å². The lowest BCUT2D eigenvalue weighted by Crippen LogP contribution is -2.11. The molecule has 6 nitrogen and oxygen atoms in total. The molecule has 0 fully saturated rings. The molecule has 2 aromatic heterocycles. The number of ether oxygens (including phenoxy) is 1. The van der Waals surface area contributed by atoms with Crippen molar-refractivity contribution < 1.29 is 27.8 Å². The van der Waals surface area contributed by atoms with Crippen molar-refractivity contribution >= 4 is 5.97 Å². The summed E-state index contributed by atoms with van der Waals surface area (Å²) in [5.41, 5.74) is -1.70. The van der Waals surface area contributed by atoms with Crippen LogP contribution in [0.5, 0.6) is 11.6 Å². The Morgan fingerprint density at radius 3 is 2.67 bits per heavy atom. The minimum atomic E-state index is -4.69. The smallest absolute Gasteiger partial charge is 0.433 e. The van der Waals surface area contributed by atoms with Crippen molar-refractivity contribution in [3.63, 3.8) is 0 Å². The second-order valence-corrected chi connectivity index (χ2v) is 3.99. The summed E-state index contributed by atoms with van der Waals surface area (Å²) in [6, 6.07) is 1.39. The summed E-state index contributed by atoms with van der Waals surface area (Å²) in [6.07, 6.45) is -2.01. The summed E-state index contributed by atoms with van der Waals surface area (Å²) in [7, 11) is 0. The van der Waals surface area contributed by atoms with Crippen molar-refractivity contribution in [3.05, 3.63) is 35.8 Å². The number of pyridine rings is 1. The number of nitrogens with zero attached hydrogens (tertiary/aromatic N) is 3. The van der Waals surface area contributed by atoms with Gasteiger partial charge in [0.2, 0.25) is 5.88 Å². The average Bonchev–Trinajstić information content (AvgIpc) is 2.85.